The van der Waals surface area contributed by atoms with E-state index in [1.165, 1.54) is 5.56 Å². The number of nitrogens with one attached hydrogen (secondary N) is 1. The van der Waals surface area contributed by atoms with Crippen molar-refractivity contribution in [3.8, 4) is 0 Å². The highest BCUT2D eigenvalue weighted by Crippen LogP contribution is 2.10. The van der Waals surface area contributed by atoms with Gasteiger partial charge in [0, 0.05) is 58.4 Å². The maximum atomic E-state index is 12.4. The standard InChI is InChI=1S/C24H40N6O/c1-4-25-24(26-18-21(2)27(3)19-22-10-6-5-7-11-22)30-16-14-28(15-17-30)20-23(31)29-12-8-9-13-29/h5-7,10-11,21H,4,8-9,12-20H2,1-3H3,(H,25,26). The van der Waals surface area contributed by atoms with Crippen molar-refractivity contribution in [2.75, 3.05) is 66.0 Å². The third kappa shape index (κ3) is 7.21. The Morgan fingerprint density at radius 2 is 1.74 bits per heavy atom. The molecule has 0 aromatic heterocycles. The van der Waals surface area contributed by atoms with Crippen LogP contribution in [0.5, 0.6) is 0 Å². The van der Waals surface area contributed by atoms with Gasteiger partial charge in [0.05, 0.1) is 13.1 Å². The number of aliphatic imine (C=N–C) groups is 1. The van der Waals surface area contributed by atoms with E-state index in [2.05, 4.69) is 71.2 Å². The molecule has 0 bridgehead atoms. The molecule has 0 spiro atoms. The van der Waals surface area contributed by atoms with Crippen LogP contribution in [0, 0.1) is 0 Å². The van der Waals surface area contributed by atoms with E-state index < -0.39 is 0 Å². The van der Waals surface area contributed by atoms with Crippen molar-refractivity contribution in [3.05, 3.63) is 35.9 Å². The van der Waals surface area contributed by atoms with E-state index in [-0.39, 0.29) is 0 Å². The lowest BCUT2D eigenvalue weighted by atomic mass is 10.2. The maximum absolute atomic E-state index is 12.4. The minimum atomic E-state index is 0.293. The number of benzene rings is 1. The molecule has 0 radical (unpaired) electrons. The second-order valence-corrected chi connectivity index (χ2v) is 8.80. The summed E-state index contributed by atoms with van der Waals surface area (Å²) >= 11 is 0. The number of guanidine groups is 1. The third-order valence-corrected chi connectivity index (χ3v) is 6.36. The Morgan fingerprint density at radius 3 is 2.39 bits per heavy atom. The maximum Gasteiger partial charge on any atom is 0.236 e. The van der Waals surface area contributed by atoms with E-state index in [1.807, 2.05) is 4.90 Å². The van der Waals surface area contributed by atoms with Crippen LogP contribution in [0.2, 0.25) is 0 Å². The van der Waals surface area contributed by atoms with Crippen LogP contribution in [0.1, 0.15) is 32.3 Å². The molecule has 1 N–H and O–H groups in total. The molecule has 2 fully saturated rings. The summed E-state index contributed by atoms with van der Waals surface area (Å²) in [6, 6.07) is 10.9. The number of hydrogen-bond donors (Lipinski definition) is 1. The van der Waals surface area contributed by atoms with E-state index in [0.29, 0.717) is 18.5 Å². The largest absolute Gasteiger partial charge is 0.357 e. The molecule has 31 heavy (non-hydrogen) atoms. The quantitative estimate of drug-likeness (QED) is 0.505. The molecule has 2 aliphatic rings. The van der Waals surface area contributed by atoms with Gasteiger partial charge in [-0.15, -0.1) is 0 Å². The number of amides is 1. The summed E-state index contributed by atoms with van der Waals surface area (Å²) in [5.41, 5.74) is 1.33. The van der Waals surface area contributed by atoms with Gasteiger partial charge in [0.1, 0.15) is 0 Å². The second kappa shape index (κ2) is 12.1. The highest BCUT2D eigenvalue weighted by Gasteiger charge is 2.24. The Kier molecular flexibility index (Phi) is 9.15. The van der Waals surface area contributed by atoms with Gasteiger partial charge >= 0.3 is 0 Å². The normalized spacial score (nSPS) is 19.2. The monoisotopic (exact) mass is 428 g/mol. The van der Waals surface area contributed by atoms with Gasteiger partial charge in [-0.05, 0) is 39.3 Å². The Morgan fingerprint density at radius 1 is 1.06 bits per heavy atom. The first-order valence-electron chi connectivity index (χ1n) is 11.8. The van der Waals surface area contributed by atoms with E-state index in [4.69, 9.17) is 4.99 Å². The van der Waals surface area contributed by atoms with E-state index >= 15 is 0 Å². The van der Waals surface area contributed by atoms with Crippen LogP contribution in [0.3, 0.4) is 0 Å². The fraction of sp³-hybridized carbons (Fsp3) is 0.667. The SMILES string of the molecule is CCNC(=NCC(C)N(C)Cc1ccccc1)N1CCN(CC(=O)N2CCCC2)CC1. The summed E-state index contributed by atoms with van der Waals surface area (Å²) in [6.45, 7) is 13.0. The molecule has 0 aliphatic carbocycles. The molecule has 3 rings (SSSR count). The fourth-order valence-electron chi connectivity index (χ4n) is 4.19. The van der Waals surface area contributed by atoms with Crippen LogP contribution in [0.25, 0.3) is 0 Å². The van der Waals surface area contributed by atoms with Crippen molar-refractivity contribution in [1.29, 1.82) is 0 Å². The lowest BCUT2D eigenvalue weighted by Gasteiger charge is -2.37. The van der Waals surface area contributed by atoms with Crippen molar-refractivity contribution in [3.63, 3.8) is 0 Å². The molecular weight excluding hydrogens is 388 g/mol. The van der Waals surface area contributed by atoms with Gasteiger partial charge < -0.3 is 15.1 Å². The number of likely N-dealkylation sites (tertiary alicyclic amines) is 1. The van der Waals surface area contributed by atoms with Gasteiger partial charge in [-0.1, -0.05) is 30.3 Å². The van der Waals surface area contributed by atoms with Crippen LogP contribution >= 0.6 is 0 Å². The number of piperazine rings is 1. The molecule has 7 nitrogen and oxygen atoms in total. The highest BCUT2D eigenvalue weighted by atomic mass is 16.2. The lowest BCUT2D eigenvalue weighted by Crippen LogP contribution is -2.54. The summed E-state index contributed by atoms with van der Waals surface area (Å²) in [5.74, 6) is 1.29. The molecule has 1 amide bonds. The summed E-state index contributed by atoms with van der Waals surface area (Å²) in [6.07, 6.45) is 2.31. The minimum Gasteiger partial charge on any atom is -0.357 e. The van der Waals surface area contributed by atoms with Crippen molar-refractivity contribution < 1.29 is 4.79 Å². The number of nitrogens with zero attached hydrogens (tertiary/aromatic N) is 5. The molecule has 2 saturated heterocycles. The molecule has 2 aliphatic heterocycles. The second-order valence-electron chi connectivity index (χ2n) is 8.80. The zero-order valence-electron chi connectivity index (χ0n) is 19.6. The molecule has 1 aromatic carbocycles. The van der Waals surface area contributed by atoms with Crippen molar-refractivity contribution in [2.45, 2.75) is 39.3 Å². The zero-order valence-corrected chi connectivity index (χ0v) is 19.6. The van der Waals surface area contributed by atoms with Crippen molar-refractivity contribution in [1.82, 2.24) is 24.9 Å². The van der Waals surface area contributed by atoms with Gasteiger partial charge in [0.15, 0.2) is 5.96 Å². The molecule has 1 aromatic rings. The Hall–Kier alpha value is -2.12. The summed E-state index contributed by atoms with van der Waals surface area (Å²) < 4.78 is 0. The number of carbonyl (C=O) groups is 1. The number of carbonyl (C=O) groups excluding carboxylic acids is 1. The topological polar surface area (TPSA) is 54.4 Å². The Labute approximate surface area is 188 Å². The van der Waals surface area contributed by atoms with Crippen LogP contribution < -0.4 is 5.32 Å². The van der Waals surface area contributed by atoms with Crippen LogP contribution in [0.4, 0.5) is 0 Å². The van der Waals surface area contributed by atoms with Crippen LogP contribution in [-0.4, -0.2) is 103 Å². The summed E-state index contributed by atoms with van der Waals surface area (Å²) in [4.78, 5) is 26.4. The van der Waals surface area contributed by atoms with Gasteiger partial charge in [0.2, 0.25) is 5.91 Å². The molecule has 0 saturated carbocycles. The minimum absolute atomic E-state index is 0.293. The summed E-state index contributed by atoms with van der Waals surface area (Å²) in [7, 11) is 2.16. The van der Waals surface area contributed by atoms with E-state index in [9.17, 15) is 4.79 Å². The first kappa shape index (κ1) is 23.5. The summed E-state index contributed by atoms with van der Waals surface area (Å²) in [5, 5.41) is 3.46. The number of likely N-dealkylation sites (N-methyl/N-ethyl adjacent to an activating group) is 1. The average molecular weight is 429 g/mol. The van der Waals surface area contributed by atoms with Gasteiger partial charge in [-0.25, -0.2) is 0 Å². The Balaban J connectivity index is 1.47. The molecule has 2 heterocycles. The number of hydrogen-bond acceptors (Lipinski definition) is 4. The molecule has 172 valence electrons. The van der Waals surface area contributed by atoms with Gasteiger partial charge in [-0.3, -0.25) is 19.6 Å². The zero-order chi connectivity index (χ0) is 22.1. The number of rotatable bonds is 8. The first-order valence-corrected chi connectivity index (χ1v) is 11.8. The average Bonchev–Trinajstić information content (AvgIpc) is 3.33. The van der Waals surface area contributed by atoms with Crippen molar-refractivity contribution in [2.24, 2.45) is 4.99 Å². The van der Waals surface area contributed by atoms with Crippen LogP contribution in [-0.2, 0) is 11.3 Å². The Bertz CT molecular complexity index is 695. The molecular formula is C24H40N6O. The van der Waals surface area contributed by atoms with Gasteiger partial charge in [0.25, 0.3) is 0 Å². The smallest absolute Gasteiger partial charge is 0.236 e. The molecule has 1 unspecified atom stereocenters. The van der Waals surface area contributed by atoms with E-state index in [0.717, 1.165) is 77.7 Å². The van der Waals surface area contributed by atoms with Crippen LogP contribution in [0.15, 0.2) is 35.3 Å². The van der Waals surface area contributed by atoms with E-state index in [1.54, 1.807) is 0 Å². The van der Waals surface area contributed by atoms with Crippen molar-refractivity contribution >= 4 is 11.9 Å². The predicted octanol–water partition coefficient (Wildman–Crippen LogP) is 1.71. The molecule has 1 atom stereocenters. The third-order valence-electron chi connectivity index (χ3n) is 6.36. The van der Waals surface area contributed by atoms with Gasteiger partial charge in [-0.2, -0.15) is 0 Å². The predicted molar refractivity (Wildman–Crippen MR) is 127 cm³/mol. The lowest BCUT2D eigenvalue weighted by molar-refractivity contribution is -0.131. The fourth-order valence-corrected chi connectivity index (χ4v) is 4.19. The molecule has 7 heteroatoms. The first-order chi connectivity index (χ1) is 15.1. The highest BCUT2D eigenvalue weighted by molar-refractivity contribution is 5.80.